The van der Waals surface area contributed by atoms with E-state index in [0.717, 1.165) is 5.56 Å². The maximum Gasteiger partial charge on any atom is 0.134 e. The second kappa shape index (κ2) is 15.8. The van der Waals surface area contributed by atoms with Crippen LogP contribution in [0.15, 0.2) is 164 Å². The molecule has 0 unspecified atom stereocenters. The quantitative estimate of drug-likeness (QED) is 0.120. The molecule has 7 aromatic rings. The van der Waals surface area contributed by atoms with Gasteiger partial charge in [0.1, 0.15) is 80.6 Å². The van der Waals surface area contributed by atoms with Gasteiger partial charge in [0.25, 0.3) is 0 Å². The summed E-state index contributed by atoms with van der Waals surface area (Å²) >= 11 is 0. The molecule has 0 atom stereocenters. The third kappa shape index (κ3) is 8.86. The highest BCUT2D eigenvalue weighted by Gasteiger charge is 2.13. The van der Waals surface area contributed by atoms with E-state index in [-0.39, 0.29) is 11.6 Å². The lowest BCUT2D eigenvalue weighted by atomic mass is 10.1. The van der Waals surface area contributed by atoms with Crippen LogP contribution in [0.5, 0.6) is 69.0 Å². The van der Waals surface area contributed by atoms with Crippen LogP contribution in [0.25, 0.3) is 0 Å². The molecule has 0 saturated carbocycles. The molecule has 0 aromatic heterocycles. The van der Waals surface area contributed by atoms with E-state index in [9.17, 15) is 8.78 Å². The second-order valence-corrected chi connectivity index (χ2v) is 11.5. The molecule has 0 spiro atoms. The standard InChI is InChI=1S/C44H32F2O6/c1-2-42-43(51-40-20-7-18-38(28-40)49-36-16-5-14-34(26-36)47-32-12-3-10-30(45)24-32)22-9-23-44(42)52-41-21-8-19-39(29-41)50-37-17-6-15-35(27-37)48-33-13-4-11-31(46)25-33/h3-29H,2H2,1H3. The molecule has 7 aromatic carbocycles. The van der Waals surface area contributed by atoms with Crippen molar-refractivity contribution < 1.29 is 37.2 Å². The summed E-state index contributed by atoms with van der Waals surface area (Å²) in [5.41, 5.74) is 0.879. The van der Waals surface area contributed by atoms with Crippen LogP contribution < -0.4 is 28.4 Å². The minimum absolute atomic E-state index is 0.376. The number of hydrogen-bond donors (Lipinski definition) is 0. The molecule has 0 N–H and O–H groups in total. The normalized spacial score (nSPS) is 10.7. The smallest absolute Gasteiger partial charge is 0.134 e. The van der Waals surface area contributed by atoms with Gasteiger partial charge in [0.2, 0.25) is 0 Å². The fourth-order valence-corrected chi connectivity index (χ4v) is 5.35. The minimum atomic E-state index is -0.376. The Hall–Kier alpha value is -6.80. The topological polar surface area (TPSA) is 55.4 Å². The van der Waals surface area contributed by atoms with E-state index in [1.807, 2.05) is 73.7 Å². The van der Waals surface area contributed by atoms with Gasteiger partial charge in [0, 0.05) is 42.0 Å². The molecule has 0 saturated heterocycles. The van der Waals surface area contributed by atoms with Gasteiger partial charge in [-0.3, -0.25) is 0 Å². The molecule has 6 nitrogen and oxygen atoms in total. The Morgan fingerprint density at radius 1 is 0.327 bits per heavy atom. The molecular weight excluding hydrogens is 662 g/mol. The number of halogens is 2. The van der Waals surface area contributed by atoms with Gasteiger partial charge in [-0.2, -0.15) is 0 Å². The molecule has 7 rings (SSSR count). The number of benzene rings is 7. The SMILES string of the molecule is CCc1c(Oc2cccc(Oc3cccc(Oc4cccc(F)c4)c3)c2)cccc1Oc1cccc(Oc2cccc(Oc3cccc(F)c3)c2)c1. The van der Waals surface area contributed by atoms with Crippen molar-refractivity contribution in [1.82, 2.24) is 0 Å². The first-order valence-electron chi connectivity index (χ1n) is 16.6. The van der Waals surface area contributed by atoms with Crippen LogP contribution in [0.3, 0.4) is 0 Å². The van der Waals surface area contributed by atoms with Crippen LogP contribution in [0, 0.1) is 11.6 Å². The largest absolute Gasteiger partial charge is 0.457 e. The molecule has 0 heterocycles. The molecule has 0 aliphatic carbocycles. The molecule has 0 bridgehead atoms. The van der Waals surface area contributed by atoms with Crippen molar-refractivity contribution in [3.8, 4) is 69.0 Å². The summed E-state index contributed by atoms with van der Waals surface area (Å²) in [6.07, 6.45) is 0.647. The predicted octanol–water partition coefficient (Wildman–Crippen LogP) is 13.3. The maximum absolute atomic E-state index is 13.6. The molecule has 0 aliphatic heterocycles. The lowest BCUT2D eigenvalue weighted by molar-refractivity contribution is 0.438. The maximum atomic E-state index is 13.6. The molecule has 52 heavy (non-hydrogen) atoms. The van der Waals surface area contributed by atoms with Crippen LogP contribution in [0.2, 0.25) is 0 Å². The highest BCUT2D eigenvalue weighted by molar-refractivity contribution is 5.50. The van der Waals surface area contributed by atoms with E-state index in [1.54, 1.807) is 72.8 Å². The van der Waals surface area contributed by atoms with Crippen LogP contribution in [0.1, 0.15) is 12.5 Å². The highest BCUT2D eigenvalue weighted by atomic mass is 19.1. The third-order valence-corrected chi connectivity index (χ3v) is 7.66. The molecule has 0 amide bonds. The zero-order chi connectivity index (χ0) is 35.7. The fourth-order valence-electron chi connectivity index (χ4n) is 5.35. The van der Waals surface area contributed by atoms with E-state index in [2.05, 4.69) is 0 Å². The van der Waals surface area contributed by atoms with E-state index in [1.165, 1.54) is 24.3 Å². The van der Waals surface area contributed by atoms with Gasteiger partial charge in [-0.1, -0.05) is 49.4 Å². The lowest BCUT2D eigenvalue weighted by Crippen LogP contribution is -1.96. The first-order chi connectivity index (χ1) is 25.5. The van der Waals surface area contributed by atoms with Gasteiger partial charge < -0.3 is 28.4 Å². The van der Waals surface area contributed by atoms with Crippen LogP contribution in [0.4, 0.5) is 8.78 Å². The summed E-state index contributed by atoms with van der Waals surface area (Å²) in [6, 6.07) is 46.4. The number of hydrogen-bond acceptors (Lipinski definition) is 6. The fraction of sp³-hybridized carbons (Fsp3) is 0.0455. The average molecular weight is 695 g/mol. The molecule has 0 fully saturated rings. The van der Waals surface area contributed by atoms with Gasteiger partial charge >= 0.3 is 0 Å². The van der Waals surface area contributed by atoms with Crippen molar-refractivity contribution in [3.05, 3.63) is 181 Å². The molecular formula is C44H32F2O6. The van der Waals surface area contributed by atoms with Crippen LogP contribution in [-0.4, -0.2) is 0 Å². The van der Waals surface area contributed by atoms with Crippen LogP contribution in [-0.2, 0) is 6.42 Å². The summed E-state index contributed by atoms with van der Waals surface area (Å²) in [5.74, 6) is 5.73. The average Bonchev–Trinajstić information content (AvgIpc) is 3.13. The van der Waals surface area contributed by atoms with Crippen molar-refractivity contribution in [2.45, 2.75) is 13.3 Å². The Morgan fingerprint density at radius 2 is 0.577 bits per heavy atom. The van der Waals surface area contributed by atoms with Gasteiger partial charge in [0.05, 0.1) is 0 Å². The van der Waals surface area contributed by atoms with Gasteiger partial charge in [-0.15, -0.1) is 0 Å². The van der Waals surface area contributed by atoms with Crippen molar-refractivity contribution in [2.75, 3.05) is 0 Å². The Labute approximate surface area is 300 Å². The van der Waals surface area contributed by atoms with Gasteiger partial charge in [-0.05, 0) is 91.3 Å². The van der Waals surface area contributed by atoms with E-state index in [0.29, 0.717) is 75.4 Å². The van der Waals surface area contributed by atoms with E-state index >= 15 is 0 Å². The highest BCUT2D eigenvalue weighted by Crippen LogP contribution is 2.38. The summed E-state index contributed by atoms with van der Waals surface area (Å²) in [6.45, 7) is 2.03. The van der Waals surface area contributed by atoms with E-state index < -0.39 is 0 Å². The Kier molecular flexibility index (Phi) is 10.3. The summed E-state index contributed by atoms with van der Waals surface area (Å²) < 4.78 is 63.8. The Balaban J connectivity index is 1.02. The number of ether oxygens (including phenoxy) is 6. The summed E-state index contributed by atoms with van der Waals surface area (Å²) in [7, 11) is 0. The summed E-state index contributed by atoms with van der Waals surface area (Å²) in [4.78, 5) is 0. The van der Waals surface area contributed by atoms with Gasteiger partial charge in [-0.25, -0.2) is 8.78 Å². The zero-order valence-corrected chi connectivity index (χ0v) is 28.0. The first kappa shape index (κ1) is 33.7. The molecule has 258 valence electrons. The van der Waals surface area contributed by atoms with Crippen molar-refractivity contribution in [3.63, 3.8) is 0 Å². The molecule has 8 heteroatoms. The van der Waals surface area contributed by atoms with Crippen molar-refractivity contribution >= 4 is 0 Å². The molecule has 0 aliphatic rings. The number of rotatable bonds is 13. The van der Waals surface area contributed by atoms with E-state index in [4.69, 9.17) is 28.4 Å². The lowest BCUT2D eigenvalue weighted by Gasteiger charge is -2.16. The molecule has 0 radical (unpaired) electrons. The third-order valence-electron chi connectivity index (χ3n) is 7.66. The first-order valence-corrected chi connectivity index (χ1v) is 16.6. The van der Waals surface area contributed by atoms with Crippen LogP contribution >= 0.6 is 0 Å². The van der Waals surface area contributed by atoms with Crippen molar-refractivity contribution in [2.24, 2.45) is 0 Å². The predicted molar refractivity (Wildman–Crippen MR) is 195 cm³/mol. The zero-order valence-electron chi connectivity index (χ0n) is 28.0. The Bertz CT molecular complexity index is 2150. The van der Waals surface area contributed by atoms with Gasteiger partial charge in [0.15, 0.2) is 0 Å². The monoisotopic (exact) mass is 694 g/mol. The summed E-state index contributed by atoms with van der Waals surface area (Å²) in [5, 5.41) is 0. The minimum Gasteiger partial charge on any atom is -0.457 e. The second-order valence-electron chi connectivity index (χ2n) is 11.5. The van der Waals surface area contributed by atoms with Crippen molar-refractivity contribution in [1.29, 1.82) is 0 Å². The Morgan fingerprint density at radius 3 is 0.865 bits per heavy atom.